The average Bonchev–Trinajstić information content (AvgIpc) is 2.05. The maximum atomic E-state index is 10.6. The summed E-state index contributed by atoms with van der Waals surface area (Å²) in [6, 6.07) is 2.92. The van der Waals surface area contributed by atoms with Crippen molar-refractivity contribution in [1.82, 2.24) is 4.98 Å². The molecule has 0 radical (unpaired) electrons. The van der Waals surface area contributed by atoms with E-state index in [0.29, 0.717) is 6.54 Å². The minimum atomic E-state index is -0.188. The van der Waals surface area contributed by atoms with Crippen molar-refractivity contribution in [2.24, 2.45) is 11.5 Å². The molecule has 1 atom stereocenters. The minimum absolute atomic E-state index is 0.127. The zero-order valence-electron chi connectivity index (χ0n) is 6.08. The summed E-state index contributed by atoms with van der Waals surface area (Å²) < 4.78 is 0. The highest BCUT2D eigenvalue weighted by Gasteiger charge is 2.01. The van der Waals surface area contributed by atoms with Crippen molar-refractivity contribution in [1.29, 1.82) is 0 Å². The van der Waals surface area contributed by atoms with E-state index >= 15 is 0 Å². The summed E-state index contributed by atoms with van der Waals surface area (Å²) in [6.07, 6.45) is 1.58. The Morgan fingerprint density at radius 2 is 2.27 bits per heavy atom. The van der Waals surface area contributed by atoms with Crippen LogP contribution in [0.4, 0.5) is 0 Å². The number of nitrogens with two attached hydrogens (primary N) is 2. The fourth-order valence-corrected chi connectivity index (χ4v) is 0.789. The molecule has 0 fully saturated rings. The summed E-state index contributed by atoms with van der Waals surface area (Å²) in [4.78, 5) is 13.1. The van der Waals surface area contributed by atoms with E-state index in [1.54, 1.807) is 12.3 Å². The fourth-order valence-electron chi connectivity index (χ4n) is 0.789. The van der Waals surface area contributed by atoms with Gasteiger partial charge in [-0.15, -0.1) is 0 Å². The molecule has 0 aromatic carbocycles. The van der Waals surface area contributed by atoms with Crippen LogP contribution in [-0.2, 0) is 0 Å². The second-order valence-corrected chi connectivity index (χ2v) is 2.33. The lowest BCUT2D eigenvalue weighted by Crippen LogP contribution is -2.21. The Hall–Kier alpha value is -1.13. The van der Waals surface area contributed by atoms with Gasteiger partial charge in [-0.05, 0) is 5.56 Å². The number of pyridine rings is 1. The second-order valence-electron chi connectivity index (χ2n) is 2.33. The summed E-state index contributed by atoms with van der Waals surface area (Å²) >= 11 is 0. The first-order chi connectivity index (χ1) is 5.24. The van der Waals surface area contributed by atoms with E-state index < -0.39 is 0 Å². The van der Waals surface area contributed by atoms with Crippen LogP contribution in [0.25, 0.3) is 0 Å². The molecule has 4 heteroatoms. The number of rotatable bonds is 2. The first kappa shape index (κ1) is 7.97. The van der Waals surface area contributed by atoms with Gasteiger partial charge in [0, 0.05) is 24.8 Å². The molecule has 0 bridgehead atoms. The van der Waals surface area contributed by atoms with Crippen LogP contribution in [0.3, 0.4) is 0 Å². The Bertz CT molecular complexity index is 261. The highest BCUT2D eigenvalue weighted by atomic mass is 16.1. The Morgan fingerprint density at radius 3 is 2.73 bits per heavy atom. The lowest BCUT2D eigenvalue weighted by Gasteiger charge is -2.06. The molecule has 0 unspecified atom stereocenters. The van der Waals surface area contributed by atoms with Gasteiger partial charge in [0.1, 0.15) is 0 Å². The lowest BCUT2D eigenvalue weighted by molar-refractivity contribution is 0.732. The molecule has 1 rings (SSSR count). The normalized spacial score (nSPS) is 12.9. The standard InChI is InChI=1S/C7H11N3O/c8-3-6(9)5-1-2-7(11)10-4-5/h1-2,4,6H,3,8-9H2,(H,10,11)/t6-/m1/s1. The summed E-state index contributed by atoms with van der Waals surface area (Å²) in [6.45, 7) is 0.381. The second kappa shape index (κ2) is 3.32. The number of H-pyrrole nitrogens is 1. The van der Waals surface area contributed by atoms with Crippen molar-refractivity contribution in [3.05, 3.63) is 34.2 Å². The third kappa shape index (κ3) is 1.89. The van der Waals surface area contributed by atoms with Crippen LogP contribution in [0.2, 0.25) is 0 Å². The number of aromatic amines is 1. The zero-order valence-corrected chi connectivity index (χ0v) is 6.08. The molecule has 11 heavy (non-hydrogen) atoms. The Kier molecular flexibility index (Phi) is 2.40. The topological polar surface area (TPSA) is 84.9 Å². The van der Waals surface area contributed by atoms with Crippen LogP contribution in [0.1, 0.15) is 11.6 Å². The molecule has 0 saturated carbocycles. The number of hydrogen-bond donors (Lipinski definition) is 3. The summed E-state index contributed by atoms with van der Waals surface area (Å²) in [5, 5.41) is 0. The average molecular weight is 153 g/mol. The SMILES string of the molecule is NC[C@@H](N)c1ccc(=O)[nH]c1. The van der Waals surface area contributed by atoms with Crippen LogP contribution >= 0.6 is 0 Å². The van der Waals surface area contributed by atoms with Crippen molar-refractivity contribution >= 4 is 0 Å². The third-order valence-corrected chi connectivity index (χ3v) is 1.49. The van der Waals surface area contributed by atoms with Gasteiger partial charge < -0.3 is 16.5 Å². The molecule has 0 saturated heterocycles. The Labute approximate surface area is 64.2 Å². The van der Waals surface area contributed by atoms with Gasteiger partial charge in [0.25, 0.3) is 0 Å². The highest BCUT2D eigenvalue weighted by molar-refractivity contribution is 5.13. The monoisotopic (exact) mass is 153 g/mol. The van der Waals surface area contributed by atoms with Gasteiger partial charge in [0.15, 0.2) is 0 Å². The molecule has 1 aromatic rings. The zero-order chi connectivity index (χ0) is 8.27. The van der Waals surface area contributed by atoms with Gasteiger partial charge in [0.05, 0.1) is 0 Å². The molecule has 1 aromatic heterocycles. The first-order valence-electron chi connectivity index (χ1n) is 3.38. The predicted octanol–water partition coefficient (Wildman–Crippen LogP) is -0.667. The minimum Gasteiger partial charge on any atom is -0.329 e. The van der Waals surface area contributed by atoms with Crippen molar-refractivity contribution in [3.63, 3.8) is 0 Å². The number of nitrogens with one attached hydrogen (secondary N) is 1. The Balaban J connectivity index is 2.89. The molecule has 5 N–H and O–H groups in total. The number of hydrogen-bond acceptors (Lipinski definition) is 3. The third-order valence-electron chi connectivity index (χ3n) is 1.49. The van der Waals surface area contributed by atoms with Crippen molar-refractivity contribution in [2.45, 2.75) is 6.04 Å². The van der Waals surface area contributed by atoms with E-state index in [4.69, 9.17) is 11.5 Å². The van der Waals surface area contributed by atoms with Crippen LogP contribution in [0.5, 0.6) is 0 Å². The molecule has 0 aliphatic rings. The van der Waals surface area contributed by atoms with E-state index in [0.717, 1.165) is 5.56 Å². The predicted molar refractivity (Wildman–Crippen MR) is 43.0 cm³/mol. The molecule has 0 aliphatic heterocycles. The summed E-state index contributed by atoms with van der Waals surface area (Å²) in [5.41, 5.74) is 11.6. The first-order valence-corrected chi connectivity index (χ1v) is 3.38. The van der Waals surface area contributed by atoms with Gasteiger partial charge in [-0.1, -0.05) is 6.07 Å². The molecule has 0 spiro atoms. The quantitative estimate of drug-likeness (QED) is 0.527. The molecule has 0 amide bonds. The molecular formula is C7H11N3O. The summed E-state index contributed by atoms with van der Waals surface area (Å²) in [7, 11) is 0. The van der Waals surface area contributed by atoms with Crippen molar-refractivity contribution in [3.8, 4) is 0 Å². The van der Waals surface area contributed by atoms with Crippen LogP contribution in [0.15, 0.2) is 23.1 Å². The van der Waals surface area contributed by atoms with Crippen molar-refractivity contribution < 1.29 is 0 Å². The van der Waals surface area contributed by atoms with Crippen LogP contribution in [-0.4, -0.2) is 11.5 Å². The van der Waals surface area contributed by atoms with E-state index in [-0.39, 0.29) is 11.6 Å². The maximum absolute atomic E-state index is 10.6. The van der Waals surface area contributed by atoms with E-state index in [9.17, 15) is 4.79 Å². The van der Waals surface area contributed by atoms with E-state index in [1.165, 1.54) is 6.07 Å². The number of aromatic nitrogens is 1. The highest BCUT2D eigenvalue weighted by Crippen LogP contribution is 2.03. The largest absolute Gasteiger partial charge is 0.329 e. The van der Waals surface area contributed by atoms with Crippen LogP contribution < -0.4 is 17.0 Å². The maximum Gasteiger partial charge on any atom is 0.247 e. The summed E-state index contributed by atoms with van der Waals surface area (Å²) in [5.74, 6) is 0. The van der Waals surface area contributed by atoms with Gasteiger partial charge >= 0.3 is 0 Å². The van der Waals surface area contributed by atoms with Crippen molar-refractivity contribution in [2.75, 3.05) is 6.54 Å². The van der Waals surface area contributed by atoms with Gasteiger partial charge in [0.2, 0.25) is 5.56 Å². The van der Waals surface area contributed by atoms with Gasteiger partial charge in [-0.3, -0.25) is 4.79 Å². The van der Waals surface area contributed by atoms with Gasteiger partial charge in [-0.25, -0.2) is 0 Å². The van der Waals surface area contributed by atoms with E-state index in [2.05, 4.69) is 4.98 Å². The lowest BCUT2D eigenvalue weighted by atomic mass is 10.1. The molecule has 4 nitrogen and oxygen atoms in total. The molecule has 1 heterocycles. The Morgan fingerprint density at radius 1 is 1.55 bits per heavy atom. The smallest absolute Gasteiger partial charge is 0.247 e. The fraction of sp³-hybridized carbons (Fsp3) is 0.286. The van der Waals surface area contributed by atoms with Gasteiger partial charge in [-0.2, -0.15) is 0 Å². The molecular weight excluding hydrogens is 142 g/mol. The van der Waals surface area contributed by atoms with Crippen LogP contribution in [0, 0.1) is 0 Å². The molecule has 60 valence electrons. The van der Waals surface area contributed by atoms with E-state index in [1.807, 2.05) is 0 Å². The molecule has 0 aliphatic carbocycles.